The zero-order chi connectivity index (χ0) is 22.8. The largest absolute Gasteiger partial charge is 0.481 e. The average molecular weight is 427 g/mol. The van der Waals surface area contributed by atoms with Crippen LogP contribution in [0, 0.1) is 0 Å². The molecule has 1 unspecified atom stereocenters. The van der Waals surface area contributed by atoms with Crippen molar-refractivity contribution in [3.05, 3.63) is 24.3 Å². The van der Waals surface area contributed by atoms with Crippen LogP contribution in [-0.2, 0) is 19.1 Å². The molecule has 0 spiro atoms. The number of carbonyl (C=O) groups is 3. The highest BCUT2D eigenvalue weighted by Gasteiger charge is 2.24. The van der Waals surface area contributed by atoms with Crippen molar-refractivity contribution in [2.75, 3.05) is 27.7 Å². The van der Waals surface area contributed by atoms with E-state index in [2.05, 4.69) is 6.08 Å². The summed E-state index contributed by atoms with van der Waals surface area (Å²) in [5.41, 5.74) is 0. The van der Waals surface area contributed by atoms with Crippen molar-refractivity contribution >= 4 is 17.9 Å². The standard InChI is InChI=1S/C23H39NO6/c1-24(2,3)19-20(18-22(27)28)30-23(29)17-15-13-11-9-7-5-4-6-8-10-12-14-16-21(25)26/h7,9,11,13,20H,4-6,8,10,12,14-19H2,1-3H3,(H-,25,26,27,28)/p+1/b9-7+,13-11+. The number of hydrogen-bond donors (Lipinski definition) is 2. The van der Waals surface area contributed by atoms with Gasteiger partial charge in [0.15, 0.2) is 6.10 Å². The number of likely N-dealkylation sites (N-methyl/N-ethyl adjacent to an activating group) is 1. The molecule has 0 saturated heterocycles. The minimum atomic E-state index is -0.968. The summed E-state index contributed by atoms with van der Waals surface area (Å²) in [5, 5.41) is 17.5. The molecule has 2 N–H and O–H groups in total. The number of carboxylic acids is 2. The molecule has 0 bridgehead atoms. The number of carboxylic acid groups (broad SMARTS) is 2. The lowest BCUT2D eigenvalue weighted by molar-refractivity contribution is -0.873. The Bertz CT molecular complexity index is 563. The molecule has 172 valence electrons. The van der Waals surface area contributed by atoms with Crippen molar-refractivity contribution in [2.24, 2.45) is 0 Å². The maximum absolute atomic E-state index is 12.0. The van der Waals surface area contributed by atoms with Crippen LogP contribution in [0.15, 0.2) is 24.3 Å². The summed E-state index contributed by atoms with van der Waals surface area (Å²) in [4.78, 5) is 33.3. The van der Waals surface area contributed by atoms with Gasteiger partial charge in [-0.1, -0.05) is 50.0 Å². The van der Waals surface area contributed by atoms with E-state index < -0.39 is 18.0 Å². The summed E-state index contributed by atoms with van der Waals surface area (Å²) in [6.45, 7) is 0.457. The first-order chi connectivity index (χ1) is 14.1. The zero-order valence-electron chi connectivity index (χ0n) is 18.8. The number of ether oxygens (including phenoxy) is 1. The molecule has 30 heavy (non-hydrogen) atoms. The number of hydrogen-bond acceptors (Lipinski definition) is 4. The molecule has 0 aromatic carbocycles. The number of nitrogens with zero attached hydrogens (tertiary/aromatic N) is 1. The first kappa shape index (κ1) is 27.8. The van der Waals surface area contributed by atoms with Gasteiger partial charge in [-0.2, -0.15) is 0 Å². The van der Waals surface area contributed by atoms with E-state index >= 15 is 0 Å². The van der Waals surface area contributed by atoms with Crippen molar-refractivity contribution in [3.63, 3.8) is 0 Å². The number of rotatable bonds is 18. The van der Waals surface area contributed by atoms with E-state index in [1.807, 2.05) is 39.4 Å². The van der Waals surface area contributed by atoms with E-state index in [0.29, 0.717) is 17.4 Å². The van der Waals surface area contributed by atoms with E-state index in [0.717, 1.165) is 44.9 Å². The van der Waals surface area contributed by atoms with Crippen LogP contribution in [0.1, 0.15) is 70.6 Å². The summed E-state index contributed by atoms with van der Waals surface area (Å²) < 4.78 is 5.87. The first-order valence-electron chi connectivity index (χ1n) is 10.9. The minimum Gasteiger partial charge on any atom is -0.481 e. The molecule has 0 radical (unpaired) electrons. The smallest absolute Gasteiger partial charge is 0.307 e. The predicted octanol–water partition coefficient (Wildman–Crippen LogP) is 4.18. The Labute approximate surface area is 181 Å². The maximum Gasteiger partial charge on any atom is 0.307 e. The molecule has 0 aliphatic carbocycles. The van der Waals surface area contributed by atoms with Crippen LogP contribution >= 0.6 is 0 Å². The summed E-state index contributed by atoms with van der Waals surface area (Å²) in [7, 11) is 5.79. The fourth-order valence-electron chi connectivity index (χ4n) is 2.99. The van der Waals surface area contributed by atoms with Gasteiger partial charge < -0.3 is 19.4 Å². The molecule has 7 heteroatoms. The topological polar surface area (TPSA) is 101 Å². The average Bonchev–Trinajstić information content (AvgIpc) is 2.59. The highest BCUT2D eigenvalue weighted by Crippen LogP contribution is 2.09. The molecular weight excluding hydrogens is 386 g/mol. The number of quaternary nitrogens is 1. The molecule has 0 rings (SSSR count). The van der Waals surface area contributed by atoms with Gasteiger partial charge in [0.05, 0.1) is 27.6 Å². The molecule has 0 fully saturated rings. The van der Waals surface area contributed by atoms with Crippen molar-refractivity contribution in [1.29, 1.82) is 0 Å². The van der Waals surface area contributed by atoms with Crippen molar-refractivity contribution in [1.82, 2.24) is 0 Å². The van der Waals surface area contributed by atoms with Gasteiger partial charge >= 0.3 is 17.9 Å². The molecule has 0 aromatic heterocycles. The second-order valence-electron chi connectivity index (χ2n) is 8.63. The van der Waals surface area contributed by atoms with Gasteiger partial charge in [-0.25, -0.2) is 0 Å². The fraction of sp³-hybridized carbons (Fsp3) is 0.696. The van der Waals surface area contributed by atoms with Crippen LogP contribution in [0.4, 0.5) is 0 Å². The van der Waals surface area contributed by atoms with Crippen molar-refractivity contribution in [3.8, 4) is 0 Å². The second kappa shape index (κ2) is 16.6. The van der Waals surface area contributed by atoms with E-state index in [1.165, 1.54) is 0 Å². The van der Waals surface area contributed by atoms with Gasteiger partial charge in [-0.15, -0.1) is 0 Å². The number of carbonyl (C=O) groups excluding carboxylic acids is 1. The van der Waals surface area contributed by atoms with E-state index in [9.17, 15) is 14.4 Å². The van der Waals surface area contributed by atoms with Gasteiger partial charge in [0, 0.05) is 12.8 Å². The van der Waals surface area contributed by atoms with E-state index in [4.69, 9.17) is 14.9 Å². The Hall–Kier alpha value is -2.15. The number of unbranched alkanes of at least 4 members (excludes halogenated alkanes) is 6. The lowest BCUT2D eigenvalue weighted by Gasteiger charge is -2.28. The highest BCUT2D eigenvalue weighted by atomic mass is 16.5. The molecule has 0 aromatic rings. The molecule has 0 amide bonds. The highest BCUT2D eigenvalue weighted by molar-refractivity contribution is 5.71. The second-order valence-corrected chi connectivity index (χ2v) is 8.63. The molecule has 0 aliphatic heterocycles. The van der Waals surface area contributed by atoms with Gasteiger partial charge in [0.1, 0.15) is 6.54 Å². The Kier molecular flexibility index (Phi) is 15.4. The number of esters is 1. The van der Waals surface area contributed by atoms with Crippen LogP contribution in [0.3, 0.4) is 0 Å². The van der Waals surface area contributed by atoms with Crippen LogP contribution in [0.5, 0.6) is 0 Å². The Morgan fingerprint density at radius 2 is 1.37 bits per heavy atom. The van der Waals surface area contributed by atoms with Crippen LogP contribution in [0.25, 0.3) is 0 Å². The summed E-state index contributed by atoms with van der Waals surface area (Å²) >= 11 is 0. The van der Waals surface area contributed by atoms with Crippen LogP contribution < -0.4 is 0 Å². The van der Waals surface area contributed by atoms with Crippen molar-refractivity contribution in [2.45, 2.75) is 76.7 Å². The van der Waals surface area contributed by atoms with Gasteiger partial charge in [0.2, 0.25) is 0 Å². The maximum atomic E-state index is 12.0. The van der Waals surface area contributed by atoms with Gasteiger partial charge in [-0.05, 0) is 25.7 Å². The quantitative estimate of drug-likeness (QED) is 0.148. The molecule has 0 saturated carbocycles. The zero-order valence-corrected chi connectivity index (χ0v) is 18.8. The third-order valence-corrected chi connectivity index (χ3v) is 4.36. The number of aliphatic carboxylic acids is 2. The first-order valence-corrected chi connectivity index (χ1v) is 10.9. The lowest BCUT2D eigenvalue weighted by Crippen LogP contribution is -2.43. The van der Waals surface area contributed by atoms with Crippen LogP contribution in [0.2, 0.25) is 0 Å². The molecule has 0 aliphatic rings. The lowest BCUT2D eigenvalue weighted by atomic mass is 10.1. The predicted molar refractivity (Wildman–Crippen MR) is 117 cm³/mol. The summed E-state index contributed by atoms with van der Waals surface area (Å²) in [6.07, 6.45) is 15.4. The third-order valence-electron chi connectivity index (χ3n) is 4.36. The monoisotopic (exact) mass is 426 g/mol. The Balaban J connectivity index is 3.83. The van der Waals surface area contributed by atoms with E-state index in [-0.39, 0.29) is 25.2 Å². The summed E-state index contributed by atoms with van der Waals surface area (Å²) in [6, 6.07) is 0. The fourth-order valence-corrected chi connectivity index (χ4v) is 2.99. The normalized spacial score (nSPS) is 13.0. The van der Waals surface area contributed by atoms with Gasteiger partial charge in [-0.3, -0.25) is 14.4 Å². The number of allylic oxidation sites excluding steroid dienone is 4. The van der Waals surface area contributed by atoms with Gasteiger partial charge in [0.25, 0.3) is 0 Å². The minimum absolute atomic E-state index is 0.178. The molecular formula is C23H40NO6+. The molecule has 7 nitrogen and oxygen atoms in total. The Morgan fingerprint density at radius 1 is 0.800 bits per heavy atom. The Morgan fingerprint density at radius 3 is 1.93 bits per heavy atom. The van der Waals surface area contributed by atoms with Crippen LogP contribution in [-0.4, -0.2) is 66.4 Å². The SMILES string of the molecule is C[N+](C)(C)CC(CC(=O)O)OC(=O)CC/C=C/C=C/CCCCCCCCC(=O)O. The molecule has 0 heterocycles. The van der Waals surface area contributed by atoms with Crippen molar-refractivity contribution < 1.29 is 33.8 Å². The summed E-state index contributed by atoms with van der Waals surface area (Å²) in [5.74, 6) is -2.05. The third kappa shape index (κ3) is 20.6. The van der Waals surface area contributed by atoms with E-state index in [1.54, 1.807) is 0 Å². The molecule has 1 atom stereocenters.